The van der Waals surface area contributed by atoms with E-state index in [-0.39, 0.29) is 11.7 Å². The van der Waals surface area contributed by atoms with E-state index in [1.807, 2.05) is 0 Å². The number of nitrogens with zero attached hydrogens (tertiary/aromatic N) is 1. The molecule has 1 aliphatic rings. The highest BCUT2D eigenvalue weighted by molar-refractivity contribution is 6.28. The number of amidine groups is 1. The highest BCUT2D eigenvalue weighted by Gasteiger charge is 2.66. The minimum atomic E-state index is -4.91. The van der Waals surface area contributed by atoms with Crippen LogP contribution < -0.4 is 15.2 Å². The molecule has 10 heteroatoms. The molecule has 2 rings (SSSR count). The van der Waals surface area contributed by atoms with Crippen LogP contribution in [0.15, 0.2) is 17.1 Å². The molecular formula is C10H6ClF5N2O2. The fraction of sp³-hybridized carbons (Fsp3) is 0.300. The van der Waals surface area contributed by atoms with Crippen LogP contribution in [0.5, 0.6) is 11.5 Å². The number of alkyl halides is 5. The van der Waals surface area contributed by atoms with Gasteiger partial charge in [0.15, 0.2) is 17.3 Å². The Hall–Kier alpha value is -1.77. The molecule has 0 spiro atoms. The molecule has 1 aromatic carbocycles. The average Bonchev–Trinajstić information content (AvgIpc) is 2.32. The lowest BCUT2D eigenvalue weighted by Gasteiger charge is -2.31. The number of ether oxygens (including phenoxy) is 2. The van der Waals surface area contributed by atoms with Gasteiger partial charge in [0.05, 0.1) is 5.88 Å². The average molecular weight is 317 g/mol. The van der Waals surface area contributed by atoms with E-state index in [9.17, 15) is 22.0 Å². The summed E-state index contributed by atoms with van der Waals surface area (Å²) in [5, 5.41) is 0. The third-order valence-electron chi connectivity index (χ3n) is 2.23. The summed E-state index contributed by atoms with van der Waals surface area (Å²) in [5.41, 5.74) is 4.76. The molecule has 0 fully saturated rings. The van der Waals surface area contributed by atoms with E-state index < -0.39 is 35.2 Å². The number of rotatable bonds is 2. The summed E-state index contributed by atoms with van der Waals surface area (Å²) in [4.78, 5) is 3.49. The van der Waals surface area contributed by atoms with Gasteiger partial charge in [0.1, 0.15) is 11.5 Å². The predicted octanol–water partition coefficient (Wildman–Crippen LogP) is 3.01. The summed E-state index contributed by atoms with van der Waals surface area (Å²) in [6.45, 7) is 0. The molecule has 1 aromatic rings. The fourth-order valence-corrected chi connectivity index (χ4v) is 1.41. The second kappa shape index (κ2) is 4.65. The van der Waals surface area contributed by atoms with Crippen LogP contribution in [0.3, 0.4) is 0 Å². The van der Waals surface area contributed by atoms with Crippen LogP contribution in [-0.4, -0.2) is 23.9 Å². The Morgan fingerprint density at radius 1 is 1.15 bits per heavy atom. The van der Waals surface area contributed by atoms with Crippen LogP contribution in [-0.2, 0) is 0 Å². The molecule has 0 amide bonds. The molecule has 110 valence electrons. The highest BCUT2D eigenvalue weighted by Crippen LogP contribution is 2.48. The smallest absolute Gasteiger partial charge is 0.421 e. The first-order chi connectivity index (χ1) is 9.16. The standard InChI is InChI=1S/C10H6ClF5N2O2/c11-3-8(17)18-5-2-7-6(1-4(5)12)19-9(13,14)10(15,16)20-7/h1-2H,3H2,(H2,17,18). The summed E-state index contributed by atoms with van der Waals surface area (Å²) in [5.74, 6) is -3.20. The largest absolute Gasteiger partial charge is 0.507 e. The molecule has 0 aromatic heterocycles. The zero-order valence-electron chi connectivity index (χ0n) is 9.47. The van der Waals surface area contributed by atoms with Gasteiger partial charge in [0.25, 0.3) is 0 Å². The van der Waals surface area contributed by atoms with E-state index in [0.717, 1.165) is 0 Å². The van der Waals surface area contributed by atoms with E-state index in [4.69, 9.17) is 17.3 Å². The number of fused-ring (bicyclic) bond motifs is 1. The lowest BCUT2D eigenvalue weighted by Crippen LogP contribution is -2.52. The molecule has 4 nitrogen and oxygen atoms in total. The van der Waals surface area contributed by atoms with Crippen LogP contribution in [0.4, 0.5) is 27.6 Å². The van der Waals surface area contributed by atoms with Gasteiger partial charge >= 0.3 is 12.2 Å². The van der Waals surface area contributed by atoms with Gasteiger partial charge in [-0.1, -0.05) is 0 Å². The Balaban J connectivity index is 2.48. The lowest BCUT2D eigenvalue weighted by molar-refractivity contribution is -0.391. The molecule has 0 aliphatic carbocycles. The maximum atomic E-state index is 13.5. The van der Waals surface area contributed by atoms with Gasteiger partial charge in [-0.25, -0.2) is 9.38 Å². The van der Waals surface area contributed by atoms with Crippen LogP contribution in [0.1, 0.15) is 0 Å². The quantitative estimate of drug-likeness (QED) is 0.395. The van der Waals surface area contributed by atoms with Crippen molar-refractivity contribution in [3.05, 3.63) is 17.9 Å². The van der Waals surface area contributed by atoms with Crippen molar-refractivity contribution in [2.45, 2.75) is 12.2 Å². The molecule has 20 heavy (non-hydrogen) atoms. The maximum absolute atomic E-state index is 13.5. The first kappa shape index (κ1) is 14.6. The van der Waals surface area contributed by atoms with Crippen molar-refractivity contribution in [2.24, 2.45) is 10.7 Å². The predicted molar refractivity (Wildman–Crippen MR) is 59.6 cm³/mol. The summed E-state index contributed by atoms with van der Waals surface area (Å²) >= 11 is 5.33. The maximum Gasteiger partial charge on any atom is 0.507 e. The molecule has 0 saturated heterocycles. The zero-order valence-corrected chi connectivity index (χ0v) is 10.2. The molecule has 2 N–H and O–H groups in total. The molecular weight excluding hydrogens is 311 g/mol. The number of hydrogen-bond acceptors (Lipinski definition) is 3. The summed E-state index contributed by atoms with van der Waals surface area (Å²) in [6, 6.07) is 1.10. The lowest BCUT2D eigenvalue weighted by atomic mass is 10.2. The Morgan fingerprint density at radius 3 is 2.15 bits per heavy atom. The van der Waals surface area contributed by atoms with Gasteiger partial charge in [-0.05, 0) is 0 Å². The van der Waals surface area contributed by atoms with Crippen LogP contribution >= 0.6 is 11.6 Å². The zero-order chi connectivity index (χ0) is 15.1. The summed E-state index contributed by atoms with van der Waals surface area (Å²) in [7, 11) is 0. The summed E-state index contributed by atoms with van der Waals surface area (Å²) in [6.07, 6.45) is -9.80. The molecule has 0 saturated carbocycles. The molecule has 0 unspecified atom stereocenters. The van der Waals surface area contributed by atoms with E-state index in [0.29, 0.717) is 12.1 Å². The molecule has 1 aliphatic heterocycles. The first-order valence-corrected chi connectivity index (χ1v) is 5.56. The van der Waals surface area contributed by atoms with Crippen LogP contribution in [0, 0.1) is 5.82 Å². The van der Waals surface area contributed by atoms with Gasteiger partial charge in [0, 0.05) is 12.1 Å². The van der Waals surface area contributed by atoms with Crippen molar-refractivity contribution in [1.29, 1.82) is 0 Å². The number of aliphatic imine (C=N–C) groups is 1. The Morgan fingerprint density at radius 2 is 1.65 bits per heavy atom. The SMILES string of the molecule is NC(CCl)=Nc1cc2c(cc1F)OC(F)(F)C(F)(F)O2. The Bertz CT molecular complexity index is 579. The van der Waals surface area contributed by atoms with Crippen molar-refractivity contribution >= 4 is 23.1 Å². The molecule has 0 radical (unpaired) electrons. The van der Waals surface area contributed by atoms with Crippen molar-refractivity contribution in [1.82, 2.24) is 0 Å². The highest BCUT2D eigenvalue weighted by atomic mass is 35.5. The second-order valence-corrected chi connectivity index (χ2v) is 3.99. The molecule has 1 heterocycles. The number of benzene rings is 1. The number of hydrogen-bond donors (Lipinski definition) is 1. The second-order valence-electron chi connectivity index (χ2n) is 3.72. The fourth-order valence-electron chi connectivity index (χ4n) is 1.35. The van der Waals surface area contributed by atoms with E-state index >= 15 is 0 Å². The Kier molecular flexibility index (Phi) is 3.41. The normalized spacial score (nSPS) is 19.8. The van der Waals surface area contributed by atoms with E-state index in [1.54, 1.807) is 0 Å². The van der Waals surface area contributed by atoms with Crippen molar-refractivity contribution in [3.8, 4) is 11.5 Å². The van der Waals surface area contributed by atoms with Gasteiger partial charge in [0.2, 0.25) is 0 Å². The van der Waals surface area contributed by atoms with Crippen LogP contribution in [0.25, 0.3) is 0 Å². The van der Waals surface area contributed by atoms with Crippen molar-refractivity contribution in [2.75, 3.05) is 5.88 Å². The third-order valence-corrected chi connectivity index (χ3v) is 2.50. The minimum Gasteiger partial charge on any atom is -0.421 e. The van der Waals surface area contributed by atoms with E-state index in [2.05, 4.69) is 14.5 Å². The van der Waals surface area contributed by atoms with Gasteiger partial charge in [-0.15, -0.1) is 11.6 Å². The molecule has 0 atom stereocenters. The van der Waals surface area contributed by atoms with Crippen molar-refractivity contribution in [3.63, 3.8) is 0 Å². The van der Waals surface area contributed by atoms with Gasteiger partial charge in [-0.3, -0.25) is 0 Å². The molecule has 0 bridgehead atoms. The first-order valence-electron chi connectivity index (χ1n) is 5.02. The van der Waals surface area contributed by atoms with Crippen LogP contribution in [0.2, 0.25) is 0 Å². The topological polar surface area (TPSA) is 56.8 Å². The number of halogens is 6. The van der Waals surface area contributed by atoms with E-state index in [1.165, 1.54) is 0 Å². The van der Waals surface area contributed by atoms with Gasteiger partial charge in [-0.2, -0.15) is 17.6 Å². The van der Waals surface area contributed by atoms with Crippen molar-refractivity contribution < 1.29 is 31.4 Å². The Labute approximate surface area is 113 Å². The third kappa shape index (κ3) is 2.45. The number of nitrogens with two attached hydrogens (primary N) is 1. The minimum absolute atomic E-state index is 0.195. The monoisotopic (exact) mass is 316 g/mol. The van der Waals surface area contributed by atoms with Gasteiger partial charge < -0.3 is 15.2 Å². The summed E-state index contributed by atoms with van der Waals surface area (Å²) < 4.78 is 72.8.